The van der Waals surface area contributed by atoms with Crippen molar-refractivity contribution in [3.05, 3.63) is 47.2 Å². The van der Waals surface area contributed by atoms with Crippen LogP contribution in [-0.4, -0.2) is 4.98 Å². The van der Waals surface area contributed by atoms with E-state index in [-0.39, 0.29) is 0 Å². The summed E-state index contributed by atoms with van der Waals surface area (Å²) in [7, 11) is 0. The molecule has 2 N–H and O–H groups in total. The van der Waals surface area contributed by atoms with Crippen LogP contribution in [0.5, 0.6) is 11.6 Å². The van der Waals surface area contributed by atoms with E-state index in [1.807, 2.05) is 26.0 Å². The number of benzene rings is 1. The second-order valence-electron chi connectivity index (χ2n) is 4.07. The summed E-state index contributed by atoms with van der Waals surface area (Å²) in [5, 5.41) is 8.81. The first-order valence-electron chi connectivity index (χ1n) is 5.51. The molecule has 0 saturated carbocycles. The molecule has 0 aliphatic heterocycles. The van der Waals surface area contributed by atoms with Crippen molar-refractivity contribution >= 4 is 5.69 Å². The van der Waals surface area contributed by atoms with Gasteiger partial charge in [0, 0.05) is 24.0 Å². The lowest BCUT2D eigenvalue weighted by atomic mass is 10.1. The van der Waals surface area contributed by atoms with E-state index in [1.54, 1.807) is 24.4 Å². The average molecular weight is 239 g/mol. The first kappa shape index (κ1) is 11.9. The summed E-state index contributed by atoms with van der Waals surface area (Å²) in [5.41, 5.74) is 9.02. The van der Waals surface area contributed by atoms with Crippen LogP contribution in [0, 0.1) is 25.2 Å². The highest BCUT2D eigenvalue weighted by atomic mass is 16.5. The Morgan fingerprint density at radius 2 is 2.00 bits per heavy atom. The molecule has 0 spiro atoms. The molecule has 1 aromatic carbocycles. The van der Waals surface area contributed by atoms with Gasteiger partial charge in [0.25, 0.3) is 0 Å². The predicted octanol–water partition coefficient (Wildman–Crippen LogP) is 2.94. The largest absolute Gasteiger partial charge is 0.439 e. The summed E-state index contributed by atoms with van der Waals surface area (Å²) in [6, 6.07) is 8.99. The zero-order valence-electron chi connectivity index (χ0n) is 10.3. The molecule has 0 atom stereocenters. The van der Waals surface area contributed by atoms with E-state index in [2.05, 4.69) is 4.98 Å². The number of nitrogens with zero attached hydrogens (tertiary/aromatic N) is 2. The van der Waals surface area contributed by atoms with Gasteiger partial charge in [-0.25, -0.2) is 4.98 Å². The van der Waals surface area contributed by atoms with Gasteiger partial charge >= 0.3 is 0 Å². The molecule has 18 heavy (non-hydrogen) atoms. The molecule has 0 fully saturated rings. The number of aromatic nitrogens is 1. The minimum Gasteiger partial charge on any atom is -0.439 e. The smallest absolute Gasteiger partial charge is 0.220 e. The van der Waals surface area contributed by atoms with Crippen molar-refractivity contribution in [2.45, 2.75) is 13.8 Å². The summed E-state index contributed by atoms with van der Waals surface area (Å²) in [5.74, 6) is 1.04. The third-order valence-electron chi connectivity index (χ3n) is 2.64. The molecule has 0 aliphatic carbocycles. The van der Waals surface area contributed by atoms with Gasteiger partial charge in [0.2, 0.25) is 5.88 Å². The molecule has 2 rings (SSSR count). The number of ether oxygens (including phenoxy) is 1. The number of nitrogen functional groups attached to an aromatic ring is 1. The third-order valence-corrected chi connectivity index (χ3v) is 2.64. The normalized spacial score (nSPS) is 9.83. The number of aryl methyl sites for hydroxylation is 2. The Hall–Kier alpha value is -2.54. The Labute approximate surface area is 106 Å². The minimum atomic E-state index is 0.389. The van der Waals surface area contributed by atoms with Crippen LogP contribution >= 0.6 is 0 Å². The fourth-order valence-corrected chi connectivity index (χ4v) is 1.61. The molecule has 4 heteroatoms. The number of anilines is 1. The highest BCUT2D eigenvalue weighted by Crippen LogP contribution is 2.28. The summed E-state index contributed by atoms with van der Waals surface area (Å²) >= 11 is 0. The van der Waals surface area contributed by atoms with E-state index in [4.69, 9.17) is 15.7 Å². The molecule has 0 radical (unpaired) electrons. The van der Waals surface area contributed by atoms with Crippen molar-refractivity contribution in [3.8, 4) is 17.7 Å². The van der Waals surface area contributed by atoms with E-state index in [9.17, 15) is 0 Å². The lowest BCUT2D eigenvalue weighted by Gasteiger charge is -2.10. The van der Waals surface area contributed by atoms with E-state index >= 15 is 0 Å². The molecule has 4 nitrogen and oxygen atoms in total. The Kier molecular flexibility index (Phi) is 3.16. The fraction of sp³-hybridized carbons (Fsp3) is 0.143. The number of nitrogens with two attached hydrogens (primary N) is 1. The monoisotopic (exact) mass is 239 g/mol. The van der Waals surface area contributed by atoms with Gasteiger partial charge in [-0.3, -0.25) is 0 Å². The first-order valence-corrected chi connectivity index (χ1v) is 5.51. The van der Waals surface area contributed by atoms with E-state index < -0.39 is 0 Å². The maximum atomic E-state index is 8.81. The van der Waals surface area contributed by atoms with Crippen molar-refractivity contribution in [2.75, 3.05) is 5.73 Å². The molecule has 0 bridgehead atoms. The molecular weight excluding hydrogens is 226 g/mol. The number of pyridine rings is 1. The van der Waals surface area contributed by atoms with Crippen LogP contribution in [0.4, 0.5) is 5.69 Å². The van der Waals surface area contributed by atoms with Gasteiger partial charge in [-0.15, -0.1) is 0 Å². The Bertz CT molecular complexity index is 629. The second kappa shape index (κ2) is 4.76. The predicted molar refractivity (Wildman–Crippen MR) is 69.4 cm³/mol. The third kappa shape index (κ3) is 2.41. The van der Waals surface area contributed by atoms with Crippen LogP contribution < -0.4 is 10.5 Å². The summed E-state index contributed by atoms with van der Waals surface area (Å²) in [4.78, 5) is 4.06. The van der Waals surface area contributed by atoms with Gasteiger partial charge < -0.3 is 10.5 Å². The second-order valence-corrected chi connectivity index (χ2v) is 4.07. The van der Waals surface area contributed by atoms with Crippen molar-refractivity contribution in [2.24, 2.45) is 0 Å². The topological polar surface area (TPSA) is 71.9 Å². The van der Waals surface area contributed by atoms with Gasteiger partial charge in [0.15, 0.2) is 0 Å². The standard InChI is InChI=1S/C14H13N3O/c1-9-5-10(2)13(7-12(9)16)18-14-6-11(8-15)3-4-17-14/h3-7H,16H2,1-2H3. The molecule has 0 unspecified atom stereocenters. The van der Waals surface area contributed by atoms with Crippen LogP contribution in [0.25, 0.3) is 0 Å². The lowest BCUT2D eigenvalue weighted by Crippen LogP contribution is -1.95. The zero-order valence-corrected chi connectivity index (χ0v) is 10.3. The molecule has 0 saturated heterocycles. The number of nitriles is 1. The lowest BCUT2D eigenvalue weighted by molar-refractivity contribution is 0.459. The van der Waals surface area contributed by atoms with E-state index in [0.29, 0.717) is 22.9 Å². The van der Waals surface area contributed by atoms with Crippen LogP contribution in [0.15, 0.2) is 30.5 Å². The number of hydrogen-bond acceptors (Lipinski definition) is 4. The summed E-state index contributed by atoms with van der Waals surface area (Å²) in [6.45, 7) is 3.89. The minimum absolute atomic E-state index is 0.389. The van der Waals surface area contributed by atoms with Crippen LogP contribution in [0.2, 0.25) is 0 Å². The van der Waals surface area contributed by atoms with Crippen LogP contribution in [0.3, 0.4) is 0 Å². The van der Waals surface area contributed by atoms with Crippen molar-refractivity contribution < 1.29 is 4.74 Å². The molecule has 0 amide bonds. The molecular formula is C14H13N3O. The van der Waals surface area contributed by atoms with Gasteiger partial charge in [-0.1, -0.05) is 6.07 Å². The average Bonchev–Trinajstić information content (AvgIpc) is 2.36. The number of rotatable bonds is 2. The Morgan fingerprint density at radius 1 is 1.22 bits per heavy atom. The molecule has 2 aromatic rings. The zero-order chi connectivity index (χ0) is 13.1. The summed E-state index contributed by atoms with van der Waals surface area (Å²) in [6.07, 6.45) is 1.54. The highest BCUT2D eigenvalue weighted by Gasteiger charge is 2.06. The SMILES string of the molecule is Cc1cc(C)c(Oc2cc(C#N)ccn2)cc1N. The quantitative estimate of drug-likeness (QED) is 0.818. The Morgan fingerprint density at radius 3 is 2.72 bits per heavy atom. The van der Waals surface area contributed by atoms with Gasteiger partial charge in [-0.05, 0) is 31.0 Å². The van der Waals surface area contributed by atoms with Crippen molar-refractivity contribution in [3.63, 3.8) is 0 Å². The summed E-state index contributed by atoms with van der Waals surface area (Å²) < 4.78 is 5.65. The van der Waals surface area contributed by atoms with Crippen LogP contribution in [0.1, 0.15) is 16.7 Å². The maximum absolute atomic E-state index is 8.81. The first-order chi connectivity index (χ1) is 8.60. The molecule has 90 valence electrons. The van der Waals surface area contributed by atoms with Crippen molar-refractivity contribution in [1.82, 2.24) is 4.98 Å². The Balaban J connectivity index is 2.34. The molecule has 0 aliphatic rings. The number of hydrogen-bond donors (Lipinski definition) is 1. The maximum Gasteiger partial charge on any atom is 0.220 e. The molecule has 1 aromatic heterocycles. The van der Waals surface area contributed by atoms with Gasteiger partial charge in [0.1, 0.15) is 5.75 Å². The van der Waals surface area contributed by atoms with Gasteiger partial charge in [-0.2, -0.15) is 5.26 Å². The van der Waals surface area contributed by atoms with Gasteiger partial charge in [0.05, 0.1) is 11.6 Å². The van der Waals surface area contributed by atoms with E-state index in [1.165, 1.54) is 0 Å². The molecule has 1 heterocycles. The van der Waals surface area contributed by atoms with E-state index in [0.717, 1.165) is 11.1 Å². The van der Waals surface area contributed by atoms with Crippen LogP contribution in [-0.2, 0) is 0 Å². The fourth-order valence-electron chi connectivity index (χ4n) is 1.61. The highest BCUT2D eigenvalue weighted by molar-refractivity contribution is 5.54. The van der Waals surface area contributed by atoms with Crippen molar-refractivity contribution in [1.29, 1.82) is 5.26 Å².